The molecule has 1 aliphatic carbocycles. The number of hydrogen-bond acceptors (Lipinski definition) is 4. The van der Waals surface area contributed by atoms with Gasteiger partial charge in [0.25, 0.3) is 0 Å². The first-order chi connectivity index (χ1) is 10.1. The number of rotatable bonds is 6. The largest absolute Gasteiger partial charge is 0.382 e. The second-order valence-corrected chi connectivity index (χ2v) is 5.97. The first-order valence-electron chi connectivity index (χ1n) is 7.72. The summed E-state index contributed by atoms with van der Waals surface area (Å²) in [5, 5.41) is 2.99. The molecule has 2 amide bonds. The van der Waals surface area contributed by atoms with E-state index >= 15 is 0 Å². The van der Waals surface area contributed by atoms with Gasteiger partial charge in [-0.2, -0.15) is 0 Å². The fourth-order valence-corrected chi connectivity index (χ4v) is 3.46. The summed E-state index contributed by atoms with van der Waals surface area (Å²) in [6.45, 7) is 2.73. The van der Waals surface area contributed by atoms with Gasteiger partial charge in [-0.1, -0.05) is 19.8 Å². The molecular formula is C15H26N2O4. The summed E-state index contributed by atoms with van der Waals surface area (Å²) in [7, 11) is 3.21. The number of nitrogens with zero attached hydrogens (tertiary/aromatic N) is 1. The predicted octanol–water partition coefficient (Wildman–Crippen LogP) is 0.698. The van der Waals surface area contributed by atoms with Crippen molar-refractivity contribution in [3.05, 3.63) is 0 Å². The van der Waals surface area contributed by atoms with E-state index in [1.807, 2.05) is 6.92 Å². The second-order valence-electron chi connectivity index (χ2n) is 5.97. The number of carbonyl (C=O) groups is 2. The zero-order chi connectivity index (χ0) is 15.5. The van der Waals surface area contributed by atoms with Crippen molar-refractivity contribution < 1.29 is 19.1 Å². The van der Waals surface area contributed by atoms with E-state index < -0.39 is 11.6 Å². The van der Waals surface area contributed by atoms with Gasteiger partial charge in [0.15, 0.2) is 0 Å². The Kier molecular flexibility index (Phi) is 5.22. The smallest absolute Gasteiger partial charge is 0.249 e. The molecule has 2 aliphatic rings. The molecule has 0 aromatic heterocycles. The third-order valence-corrected chi connectivity index (χ3v) is 4.64. The molecule has 0 radical (unpaired) electrons. The van der Waals surface area contributed by atoms with Crippen molar-refractivity contribution in [1.82, 2.24) is 10.2 Å². The Hall–Kier alpha value is -1.14. The Morgan fingerprint density at radius 1 is 1.33 bits per heavy atom. The summed E-state index contributed by atoms with van der Waals surface area (Å²) in [4.78, 5) is 27.0. The van der Waals surface area contributed by atoms with Crippen molar-refractivity contribution in [1.29, 1.82) is 0 Å². The average Bonchev–Trinajstić information content (AvgIpc) is 2.93. The highest BCUT2D eigenvalue weighted by atomic mass is 16.5. The molecular weight excluding hydrogens is 272 g/mol. The van der Waals surface area contributed by atoms with Crippen molar-refractivity contribution in [3.63, 3.8) is 0 Å². The summed E-state index contributed by atoms with van der Waals surface area (Å²) < 4.78 is 10.5. The highest BCUT2D eigenvalue weighted by Gasteiger charge is 2.51. The van der Waals surface area contributed by atoms with E-state index in [-0.39, 0.29) is 17.9 Å². The van der Waals surface area contributed by atoms with Gasteiger partial charge in [0.05, 0.1) is 19.3 Å². The lowest BCUT2D eigenvalue weighted by Crippen LogP contribution is -2.70. The van der Waals surface area contributed by atoms with E-state index in [9.17, 15) is 9.59 Å². The van der Waals surface area contributed by atoms with E-state index in [1.54, 1.807) is 19.1 Å². The maximum atomic E-state index is 12.9. The van der Waals surface area contributed by atoms with Crippen LogP contribution >= 0.6 is 0 Å². The van der Waals surface area contributed by atoms with Gasteiger partial charge in [-0.05, 0) is 19.3 Å². The summed E-state index contributed by atoms with van der Waals surface area (Å²) in [5.41, 5.74) is -0.673. The van der Waals surface area contributed by atoms with Crippen LogP contribution in [0.4, 0.5) is 0 Å². The van der Waals surface area contributed by atoms with Gasteiger partial charge >= 0.3 is 0 Å². The number of amides is 2. The molecule has 2 unspecified atom stereocenters. The van der Waals surface area contributed by atoms with E-state index in [2.05, 4.69) is 5.32 Å². The number of nitrogens with one attached hydrogen (secondary N) is 1. The summed E-state index contributed by atoms with van der Waals surface area (Å²) in [5.74, 6) is 0.0101. The van der Waals surface area contributed by atoms with Crippen molar-refractivity contribution >= 4 is 11.8 Å². The molecule has 1 spiro atoms. The molecule has 1 saturated heterocycles. The highest BCUT2D eigenvalue weighted by molar-refractivity contribution is 6.00. The Morgan fingerprint density at radius 2 is 2.00 bits per heavy atom. The van der Waals surface area contributed by atoms with Crippen molar-refractivity contribution in [2.45, 2.75) is 56.7 Å². The monoisotopic (exact) mass is 298 g/mol. The van der Waals surface area contributed by atoms with Crippen LogP contribution in [0.15, 0.2) is 0 Å². The van der Waals surface area contributed by atoms with Crippen LogP contribution in [0.25, 0.3) is 0 Å². The van der Waals surface area contributed by atoms with E-state index in [1.165, 1.54) is 0 Å². The fourth-order valence-electron chi connectivity index (χ4n) is 3.46. The van der Waals surface area contributed by atoms with Crippen LogP contribution in [0.5, 0.6) is 0 Å². The third kappa shape index (κ3) is 3.06. The minimum atomic E-state index is -0.673. The minimum Gasteiger partial charge on any atom is -0.382 e. The van der Waals surface area contributed by atoms with Crippen LogP contribution in [0, 0.1) is 0 Å². The van der Waals surface area contributed by atoms with Crippen molar-refractivity contribution in [2.24, 2.45) is 0 Å². The van der Waals surface area contributed by atoms with Gasteiger partial charge in [0, 0.05) is 14.2 Å². The molecule has 1 N–H and O–H groups in total. The molecule has 2 atom stereocenters. The number of methoxy groups -OCH3 is 2. The molecule has 0 aromatic carbocycles. The minimum absolute atomic E-state index is 0.0359. The van der Waals surface area contributed by atoms with Crippen LogP contribution in [0.3, 0.4) is 0 Å². The van der Waals surface area contributed by atoms with Gasteiger partial charge in [-0.25, -0.2) is 0 Å². The maximum absolute atomic E-state index is 12.9. The van der Waals surface area contributed by atoms with Gasteiger partial charge in [0.1, 0.15) is 11.6 Å². The predicted molar refractivity (Wildman–Crippen MR) is 77.8 cm³/mol. The van der Waals surface area contributed by atoms with E-state index in [0.717, 1.165) is 25.7 Å². The maximum Gasteiger partial charge on any atom is 0.249 e. The van der Waals surface area contributed by atoms with Gasteiger partial charge < -0.3 is 19.7 Å². The first kappa shape index (κ1) is 16.2. The third-order valence-electron chi connectivity index (χ3n) is 4.64. The first-order valence-corrected chi connectivity index (χ1v) is 7.72. The zero-order valence-corrected chi connectivity index (χ0v) is 13.2. The zero-order valence-electron chi connectivity index (χ0n) is 13.2. The number of hydrogen-bond donors (Lipinski definition) is 1. The van der Waals surface area contributed by atoms with Gasteiger partial charge in [0.2, 0.25) is 11.8 Å². The SMILES string of the molecule is CCC1C(=O)NC2(CCCC2)C(=O)N1CC(COC)OC. The van der Waals surface area contributed by atoms with E-state index in [0.29, 0.717) is 19.6 Å². The number of piperazine rings is 1. The Balaban J connectivity index is 2.20. The lowest BCUT2D eigenvalue weighted by atomic mass is 9.90. The molecule has 1 aliphatic heterocycles. The Bertz CT molecular complexity index is 393. The van der Waals surface area contributed by atoms with Crippen LogP contribution < -0.4 is 5.32 Å². The molecule has 1 heterocycles. The Labute approximate surface area is 126 Å². The molecule has 0 bridgehead atoms. The van der Waals surface area contributed by atoms with Crippen molar-refractivity contribution in [3.8, 4) is 0 Å². The van der Waals surface area contributed by atoms with Crippen LogP contribution in [-0.2, 0) is 19.1 Å². The lowest BCUT2D eigenvalue weighted by molar-refractivity contribution is -0.157. The molecule has 21 heavy (non-hydrogen) atoms. The topological polar surface area (TPSA) is 67.9 Å². The molecule has 120 valence electrons. The highest BCUT2D eigenvalue weighted by Crippen LogP contribution is 2.35. The van der Waals surface area contributed by atoms with Crippen LogP contribution in [0.1, 0.15) is 39.0 Å². The fraction of sp³-hybridized carbons (Fsp3) is 0.867. The summed E-state index contributed by atoms with van der Waals surface area (Å²) >= 11 is 0. The quantitative estimate of drug-likeness (QED) is 0.784. The molecule has 1 saturated carbocycles. The number of carbonyl (C=O) groups excluding carboxylic acids is 2. The standard InChI is InChI=1S/C15H26N2O4/c1-4-12-13(18)16-15(7-5-6-8-15)14(19)17(12)9-11(21-3)10-20-2/h11-12H,4-10H2,1-3H3,(H,16,18). The van der Waals surface area contributed by atoms with Gasteiger partial charge in [-0.3, -0.25) is 9.59 Å². The molecule has 6 nitrogen and oxygen atoms in total. The lowest BCUT2D eigenvalue weighted by Gasteiger charge is -2.45. The summed E-state index contributed by atoms with van der Waals surface area (Å²) in [6, 6.07) is -0.404. The van der Waals surface area contributed by atoms with Gasteiger partial charge in [-0.15, -0.1) is 0 Å². The van der Waals surface area contributed by atoms with E-state index in [4.69, 9.17) is 9.47 Å². The second kappa shape index (κ2) is 6.75. The average molecular weight is 298 g/mol. The number of ether oxygens (including phenoxy) is 2. The molecule has 2 fully saturated rings. The normalized spacial score (nSPS) is 26.2. The van der Waals surface area contributed by atoms with Crippen LogP contribution in [0.2, 0.25) is 0 Å². The Morgan fingerprint density at radius 3 is 2.52 bits per heavy atom. The van der Waals surface area contributed by atoms with Crippen LogP contribution in [-0.4, -0.2) is 61.8 Å². The molecule has 2 rings (SSSR count). The van der Waals surface area contributed by atoms with Crippen molar-refractivity contribution in [2.75, 3.05) is 27.4 Å². The molecule has 0 aromatic rings. The molecule has 6 heteroatoms. The summed E-state index contributed by atoms with van der Waals surface area (Å²) in [6.07, 6.45) is 3.86.